The van der Waals surface area contributed by atoms with Crippen LogP contribution in [0.2, 0.25) is 5.02 Å². The average Bonchev–Trinajstić information content (AvgIpc) is 2.52. The topological polar surface area (TPSA) is 42.2 Å². The lowest BCUT2D eigenvalue weighted by atomic mass is 10.0. The van der Waals surface area contributed by atoms with Crippen molar-refractivity contribution in [1.29, 1.82) is 0 Å². The molecule has 1 heterocycles. The standard InChI is InChI=1S/C18H15ClFNO2/c1-10-3-5-14-12(7-17(22)23-18(14)11(10)2)9-21-13-4-6-16(20)15(19)8-13/h3-8,21H,9H2,1-2H3. The van der Waals surface area contributed by atoms with E-state index in [2.05, 4.69) is 5.32 Å². The molecule has 5 heteroatoms. The molecular weight excluding hydrogens is 317 g/mol. The molecule has 0 atom stereocenters. The molecule has 118 valence electrons. The van der Waals surface area contributed by atoms with Crippen LogP contribution in [-0.4, -0.2) is 0 Å². The Bertz CT molecular complexity index is 950. The number of benzene rings is 2. The second kappa shape index (κ2) is 6.05. The SMILES string of the molecule is Cc1ccc2c(CNc3ccc(F)c(Cl)c3)cc(=O)oc2c1C. The minimum absolute atomic E-state index is 0.0545. The normalized spacial score (nSPS) is 11.0. The van der Waals surface area contributed by atoms with Crippen molar-refractivity contribution in [3.05, 3.63) is 74.3 Å². The van der Waals surface area contributed by atoms with E-state index >= 15 is 0 Å². The molecule has 0 saturated carbocycles. The van der Waals surface area contributed by atoms with Crippen molar-refractivity contribution in [3.63, 3.8) is 0 Å². The molecule has 0 saturated heterocycles. The first-order valence-corrected chi connectivity index (χ1v) is 7.55. The molecule has 0 bridgehead atoms. The predicted octanol–water partition coefficient (Wildman–Crippen LogP) is 4.81. The Kier molecular flexibility index (Phi) is 4.09. The van der Waals surface area contributed by atoms with Crippen molar-refractivity contribution in [2.45, 2.75) is 20.4 Å². The van der Waals surface area contributed by atoms with Gasteiger partial charge in [-0.15, -0.1) is 0 Å². The molecule has 1 aromatic heterocycles. The van der Waals surface area contributed by atoms with E-state index in [1.807, 2.05) is 26.0 Å². The molecule has 3 nitrogen and oxygen atoms in total. The zero-order valence-electron chi connectivity index (χ0n) is 12.7. The van der Waals surface area contributed by atoms with E-state index < -0.39 is 5.82 Å². The molecule has 1 N–H and O–H groups in total. The summed E-state index contributed by atoms with van der Waals surface area (Å²) in [5.41, 5.74) is 3.73. The van der Waals surface area contributed by atoms with E-state index in [4.69, 9.17) is 16.0 Å². The van der Waals surface area contributed by atoms with Gasteiger partial charge >= 0.3 is 5.63 Å². The molecule has 0 unspecified atom stereocenters. The smallest absolute Gasteiger partial charge is 0.336 e. The number of rotatable bonds is 3. The number of hydrogen-bond donors (Lipinski definition) is 1. The first-order valence-electron chi connectivity index (χ1n) is 7.17. The van der Waals surface area contributed by atoms with Crippen LogP contribution in [0.1, 0.15) is 16.7 Å². The maximum atomic E-state index is 13.2. The van der Waals surface area contributed by atoms with Gasteiger partial charge in [-0.2, -0.15) is 0 Å². The minimum atomic E-state index is -0.464. The Hall–Kier alpha value is -2.33. The second-order valence-corrected chi connectivity index (χ2v) is 5.86. The van der Waals surface area contributed by atoms with Gasteiger partial charge in [0.2, 0.25) is 0 Å². The van der Waals surface area contributed by atoms with Crippen LogP contribution >= 0.6 is 11.6 Å². The fraction of sp³-hybridized carbons (Fsp3) is 0.167. The highest BCUT2D eigenvalue weighted by atomic mass is 35.5. The van der Waals surface area contributed by atoms with E-state index in [0.29, 0.717) is 17.8 Å². The predicted molar refractivity (Wildman–Crippen MR) is 90.7 cm³/mol. The molecule has 0 aliphatic heterocycles. The molecule has 0 aliphatic rings. The van der Waals surface area contributed by atoms with Crippen LogP contribution in [0.4, 0.5) is 10.1 Å². The molecule has 0 radical (unpaired) electrons. The second-order valence-electron chi connectivity index (χ2n) is 5.46. The van der Waals surface area contributed by atoms with Crippen molar-refractivity contribution < 1.29 is 8.81 Å². The highest BCUT2D eigenvalue weighted by molar-refractivity contribution is 6.31. The zero-order chi connectivity index (χ0) is 16.6. The maximum Gasteiger partial charge on any atom is 0.336 e. The Morgan fingerprint density at radius 1 is 1.17 bits per heavy atom. The van der Waals surface area contributed by atoms with Gasteiger partial charge in [0, 0.05) is 23.7 Å². The largest absolute Gasteiger partial charge is 0.422 e. The molecule has 23 heavy (non-hydrogen) atoms. The summed E-state index contributed by atoms with van der Waals surface area (Å²) in [5.74, 6) is -0.464. The van der Waals surface area contributed by atoms with Gasteiger partial charge in [0.05, 0.1) is 5.02 Å². The lowest BCUT2D eigenvalue weighted by Crippen LogP contribution is -2.06. The van der Waals surface area contributed by atoms with E-state index in [9.17, 15) is 9.18 Å². The van der Waals surface area contributed by atoms with Gasteiger partial charge in [-0.3, -0.25) is 0 Å². The molecule has 3 rings (SSSR count). The monoisotopic (exact) mass is 331 g/mol. The summed E-state index contributed by atoms with van der Waals surface area (Å²) in [6.07, 6.45) is 0. The first kappa shape index (κ1) is 15.6. The fourth-order valence-electron chi connectivity index (χ4n) is 2.47. The summed E-state index contributed by atoms with van der Waals surface area (Å²) in [4.78, 5) is 11.8. The molecule has 2 aromatic carbocycles. The van der Waals surface area contributed by atoms with Gasteiger partial charge in [-0.25, -0.2) is 9.18 Å². The van der Waals surface area contributed by atoms with Gasteiger partial charge in [0.15, 0.2) is 0 Å². The van der Waals surface area contributed by atoms with Crippen molar-refractivity contribution in [2.75, 3.05) is 5.32 Å². The summed E-state index contributed by atoms with van der Waals surface area (Å²) in [6, 6.07) is 9.82. The molecule has 0 spiro atoms. The number of anilines is 1. The van der Waals surface area contributed by atoms with Crippen LogP contribution < -0.4 is 10.9 Å². The lowest BCUT2D eigenvalue weighted by molar-refractivity contribution is 0.556. The molecule has 3 aromatic rings. The number of halogens is 2. The van der Waals surface area contributed by atoms with Crippen LogP contribution in [-0.2, 0) is 6.54 Å². The van der Waals surface area contributed by atoms with Crippen molar-refractivity contribution >= 4 is 28.3 Å². The van der Waals surface area contributed by atoms with Crippen LogP contribution in [0.3, 0.4) is 0 Å². The van der Waals surface area contributed by atoms with E-state index in [-0.39, 0.29) is 10.6 Å². The lowest BCUT2D eigenvalue weighted by Gasteiger charge is -2.11. The third-order valence-electron chi connectivity index (χ3n) is 3.92. The first-order chi connectivity index (χ1) is 11.0. The third kappa shape index (κ3) is 3.08. The van der Waals surface area contributed by atoms with Gasteiger partial charge in [-0.05, 0) is 48.7 Å². The van der Waals surface area contributed by atoms with Crippen LogP contribution in [0.5, 0.6) is 0 Å². The quantitative estimate of drug-likeness (QED) is 0.700. The third-order valence-corrected chi connectivity index (χ3v) is 4.21. The van der Waals surface area contributed by atoms with Gasteiger partial charge in [-0.1, -0.05) is 23.7 Å². The highest BCUT2D eigenvalue weighted by Gasteiger charge is 2.09. The Morgan fingerprint density at radius 2 is 1.96 bits per heavy atom. The van der Waals surface area contributed by atoms with Crippen LogP contribution in [0, 0.1) is 19.7 Å². The molecule has 0 amide bonds. The Labute approximate surface area is 137 Å². The number of nitrogens with one attached hydrogen (secondary N) is 1. The summed E-state index contributed by atoms with van der Waals surface area (Å²) in [6.45, 7) is 4.31. The summed E-state index contributed by atoms with van der Waals surface area (Å²) in [5, 5.41) is 4.09. The van der Waals surface area contributed by atoms with Crippen molar-refractivity contribution in [3.8, 4) is 0 Å². The van der Waals surface area contributed by atoms with Crippen LogP contribution in [0.25, 0.3) is 11.0 Å². The van der Waals surface area contributed by atoms with Gasteiger partial charge in [0.25, 0.3) is 0 Å². The number of aryl methyl sites for hydroxylation is 2. The average molecular weight is 332 g/mol. The molecule has 0 fully saturated rings. The summed E-state index contributed by atoms with van der Waals surface area (Å²) in [7, 11) is 0. The Morgan fingerprint density at radius 3 is 2.70 bits per heavy atom. The summed E-state index contributed by atoms with van der Waals surface area (Å²) >= 11 is 5.77. The van der Waals surface area contributed by atoms with E-state index in [0.717, 1.165) is 22.1 Å². The number of fused-ring (bicyclic) bond motifs is 1. The van der Waals surface area contributed by atoms with Gasteiger partial charge < -0.3 is 9.73 Å². The molecule has 0 aliphatic carbocycles. The maximum absolute atomic E-state index is 13.2. The highest BCUT2D eigenvalue weighted by Crippen LogP contribution is 2.25. The summed E-state index contributed by atoms with van der Waals surface area (Å²) < 4.78 is 18.5. The van der Waals surface area contributed by atoms with Crippen molar-refractivity contribution in [2.24, 2.45) is 0 Å². The van der Waals surface area contributed by atoms with Crippen molar-refractivity contribution in [1.82, 2.24) is 0 Å². The van der Waals surface area contributed by atoms with E-state index in [1.165, 1.54) is 18.2 Å². The molecular formula is C18H15ClFNO2. The van der Waals surface area contributed by atoms with E-state index in [1.54, 1.807) is 6.07 Å². The van der Waals surface area contributed by atoms with Gasteiger partial charge in [0.1, 0.15) is 11.4 Å². The zero-order valence-corrected chi connectivity index (χ0v) is 13.5. The fourth-order valence-corrected chi connectivity index (χ4v) is 2.65. The minimum Gasteiger partial charge on any atom is -0.422 e. The Balaban J connectivity index is 1.98. The number of hydrogen-bond acceptors (Lipinski definition) is 3. The van der Waals surface area contributed by atoms with Crippen LogP contribution in [0.15, 0.2) is 45.6 Å².